The number of rotatable bonds is 6. The summed E-state index contributed by atoms with van der Waals surface area (Å²) < 4.78 is 34.2. The molecule has 0 radical (unpaired) electrons. The van der Waals surface area contributed by atoms with Crippen molar-refractivity contribution in [2.45, 2.75) is 51.2 Å². The maximum absolute atomic E-state index is 13.6. The zero-order valence-corrected chi connectivity index (χ0v) is 20.0. The van der Waals surface area contributed by atoms with Gasteiger partial charge in [0, 0.05) is 35.8 Å². The Morgan fingerprint density at radius 1 is 1.09 bits per heavy atom. The van der Waals surface area contributed by atoms with Crippen LogP contribution in [0.2, 0.25) is 5.02 Å². The molecule has 8 heteroatoms. The fourth-order valence-electron chi connectivity index (χ4n) is 3.98. The smallest absolute Gasteiger partial charge is 0.252 e. The molecule has 3 aromatic rings. The topological polar surface area (TPSA) is 79.5 Å². The number of sulfonamides is 1. The Morgan fingerprint density at radius 3 is 2.53 bits per heavy atom. The molecule has 4 rings (SSSR count). The van der Waals surface area contributed by atoms with E-state index in [0.717, 1.165) is 40.4 Å². The number of aromatic amines is 1. The maximum Gasteiger partial charge on any atom is 0.252 e. The molecule has 0 bridgehead atoms. The SMILES string of the molecule is Cc1cc2cc(CN(C[C@H]3CCCO3)S(=O)(=O)c3ccc(C)c(Cl)c3)c(=O)[nH]c2cc1C. The third-order valence-electron chi connectivity index (χ3n) is 6.09. The second kappa shape index (κ2) is 8.98. The maximum atomic E-state index is 13.6. The third kappa shape index (κ3) is 4.62. The summed E-state index contributed by atoms with van der Waals surface area (Å²) in [6, 6.07) is 10.4. The van der Waals surface area contributed by atoms with Gasteiger partial charge in [-0.3, -0.25) is 4.79 Å². The molecule has 0 spiro atoms. The van der Waals surface area contributed by atoms with Crippen LogP contribution in [0.15, 0.2) is 46.1 Å². The van der Waals surface area contributed by atoms with E-state index in [1.807, 2.05) is 32.9 Å². The van der Waals surface area contributed by atoms with E-state index in [0.29, 0.717) is 17.2 Å². The molecule has 170 valence electrons. The van der Waals surface area contributed by atoms with Crippen molar-refractivity contribution in [3.8, 4) is 0 Å². The second-order valence-electron chi connectivity index (χ2n) is 8.49. The number of aromatic nitrogens is 1. The van der Waals surface area contributed by atoms with Crippen molar-refractivity contribution in [3.05, 3.63) is 74.0 Å². The third-order valence-corrected chi connectivity index (χ3v) is 8.31. The fraction of sp³-hybridized carbons (Fsp3) is 0.375. The van der Waals surface area contributed by atoms with Crippen LogP contribution in [0, 0.1) is 20.8 Å². The van der Waals surface area contributed by atoms with Crippen LogP contribution in [0.25, 0.3) is 10.9 Å². The first-order valence-corrected chi connectivity index (χ1v) is 12.5. The molecular formula is C24H27ClN2O4S. The Labute approximate surface area is 193 Å². The quantitative estimate of drug-likeness (QED) is 0.571. The minimum absolute atomic E-state index is 0.0497. The van der Waals surface area contributed by atoms with E-state index in [1.54, 1.807) is 18.2 Å². The molecule has 0 amide bonds. The average Bonchev–Trinajstić information content (AvgIpc) is 3.24. The first-order chi connectivity index (χ1) is 15.1. The standard InChI is InChI=1S/C24H27ClN2O4S/c1-15-6-7-21(12-22(15)25)32(29,30)27(14-20-5-4-8-31-20)13-19-11-18-9-16(2)17(3)10-23(18)26-24(19)28/h6-7,9-12,20H,4-5,8,13-14H2,1-3H3,(H,26,28)/t20-/m1/s1. The van der Waals surface area contributed by atoms with Gasteiger partial charge >= 0.3 is 0 Å². The van der Waals surface area contributed by atoms with E-state index in [4.69, 9.17) is 16.3 Å². The number of pyridine rings is 1. The molecule has 6 nitrogen and oxygen atoms in total. The molecule has 1 fully saturated rings. The van der Waals surface area contributed by atoms with Gasteiger partial charge in [0.2, 0.25) is 10.0 Å². The highest BCUT2D eigenvalue weighted by atomic mass is 35.5. The molecule has 1 saturated heterocycles. The Kier molecular flexibility index (Phi) is 6.45. The highest BCUT2D eigenvalue weighted by Gasteiger charge is 2.30. The summed E-state index contributed by atoms with van der Waals surface area (Å²) in [6.07, 6.45) is 1.48. The molecule has 1 N–H and O–H groups in total. The highest BCUT2D eigenvalue weighted by molar-refractivity contribution is 7.89. The zero-order valence-electron chi connectivity index (χ0n) is 18.4. The summed E-state index contributed by atoms with van der Waals surface area (Å²) in [5.74, 6) is 0. The van der Waals surface area contributed by atoms with E-state index >= 15 is 0 Å². The Morgan fingerprint density at radius 2 is 1.84 bits per heavy atom. The lowest BCUT2D eigenvalue weighted by atomic mass is 10.0. The summed E-state index contributed by atoms with van der Waals surface area (Å²) in [4.78, 5) is 15.8. The molecule has 0 saturated carbocycles. The molecule has 0 unspecified atom stereocenters. The van der Waals surface area contributed by atoms with Crippen molar-refractivity contribution in [3.63, 3.8) is 0 Å². The van der Waals surface area contributed by atoms with Crippen LogP contribution in [-0.4, -0.2) is 37.0 Å². The lowest BCUT2D eigenvalue weighted by Crippen LogP contribution is -2.38. The lowest BCUT2D eigenvalue weighted by Gasteiger charge is -2.25. The number of halogens is 1. The molecule has 1 aromatic heterocycles. The van der Waals surface area contributed by atoms with Crippen LogP contribution in [-0.2, 0) is 21.3 Å². The summed E-state index contributed by atoms with van der Waals surface area (Å²) in [5, 5.41) is 1.26. The Hall–Kier alpha value is -2.19. The molecule has 2 heterocycles. The molecule has 32 heavy (non-hydrogen) atoms. The van der Waals surface area contributed by atoms with Gasteiger partial charge in [-0.15, -0.1) is 0 Å². The van der Waals surface area contributed by atoms with E-state index < -0.39 is 10.0 Å². The largest absolute Gasteiger partial charge is 0.377 e. The van der Waals surface area contributed by atoms with Crippen LogP contribution < -0.4 is 5.56 Å². The van der Waals surface area contributed by atoms with Gasteiger partial charge in [0.15, 0.2) is 0 Å². The predicted octanol–water partition coefficient (Wildman–Crippen LogP) is 4.48. The van der Waals surface area contributed by atoms with E-state index in [-0.39, 0.29) is 29.6 Å². The van der Waals surface area contributed by atoms with Crippen molar-refractivity contribution in [2.24, 2.45) is 0 Å². The van der Waals surface area contributed by atoms with Crippen LogP contribution in [0.5, 0.6) is 0 Å². The second-order valence-corrected chi connectivity index (χ2v) is 10.8. The minimum Gasteiger partial charge on any atom is -0.377 e. The minimum atomic E-state index is -3.89. The highest BCUT2D eigenvalue weighted by Crippen LogP contribution is 2.26. The molecule has 1 aliphatic rings. The van der Waals surface area contributed by atoms with Gasteiger partial charge in [0.25, 0.3) is 5.56 Å². The number of aryl methyl sites for hydroxylation is 3. The Bertz CT molecular complexity index is 1330. The van der Waals surface area contributed by atoms with Crippen molar-refractivity contribution in [1.29, 1.82) is 0 Å². The molecule has 1 aliphatic heterocycles. The van der Waals surface area contributed by atoms with Crippen LogP contribution >= 0.6 is 11.6 Å². The fourth-order valence-corrected chi connectivity index (χ4v) is 5.70. The number of nitrogens with one attached hydrogen (secondary N) is 1. The van der Waals surface area contributed by atoms with Crippen molar-refractivity contribution < 1.29 is 13.2 Å². The number of benzene rings is 2. The van der Waals surface area contributed by atoms with Crippen molar-refractivity contribution in [1.82, 2.24) is 9.29 Å². The van der Waals surface area contributed by atoms with Gasteiger partial charge in [0.05, 0.1) is 11.0 Å². The van der Waals surface area contributed by atoms with Gasteiger partial charge < -0.3 is 9.72 Å². The normalized spacial score (nSPS) is 16.8. The summed E-state index contributed by atoms with van der Waals surface area (Å²) >= 11 is 6.21. The van der Waals surface area contributed by atoms with E-state index in [9.17, 15) is 13.2 Å². The number of hydrogen-bond donors (Lipinski definition) is 1. The Balaban J connectivity index is 1.75. The number of hydrogen-bond acceptors (Lipinski definition) is 4. The van der Waals surface area contributed by atoms with Gasteiger partial charge in [-0.1, -0.05) is 17.7 Å². The summed E-state index contributed by atoms with van der Waals surface area (Å²) in [6.45, 7) is 6.56. The number of H-pyrrole nitrogens is 1. The van der Waals surface area contributed by atoms with E-state index in [1.165, 1.54) is 10.4 Å². The number of ether oxygens (including phenoxy) is 1. The molecule has 0 aliphatic carbocycles. The van der Waals surface area contributed by atoms with E-state index in [2.05, 4.69) is 4.98 Å². The van der Waals surface area contributed by atoms with Gasteiger partial charge in [-0.05, 0) is 86.0 Å². The predicted molar refractivity (Wildman–Crippen MR) is 127 cm³/mol. The van der Waals surface area contributed by atoms with Crippen LogP contribution in [0.4, 0.5) is 0 Å². The lowest BCUT2D eigenvalue weighted by molar-refractivity contribution is 0.0925. The number of fused-ring (bicyclic) bond motifs is 1. The summed E-state index contributed by atoms with van der Waals surface area (Å²) in [7, 11) is -3.89. The zero-order chi connectivity index (χ0) is 23.0. The first kappa shape index (κ1) is 23.0. The average molecular weight is 475 g/mol. The molecule has 1 atom stereocenters. The van der Waals surface area contributed by atoms with Gasteiger partial charge in [-0.25, -0.2) is 8.42 Å². The van der Waals surface area contributed by atoms with Crippen molar-refractivity contribution >= 4 is 32.5 Å². The molecule has 2 aromatic carbocycles. The molecular weight excluding hydrogens is 448 g/mol. The first-order valence-electron chi connectivity index (χ1n) is 10.7. The number of nitrogens with zero attached hydrogens (tertiary/aromatic N) is 1. The van der Waals surface area contributed by atoms with Crippen LogP contribution in [0.1, 0.15) is 35.1 Å². The van der Waals surface area contributed by atoms with Crippen LogP contribution in [0.3, 0.4) is 0 Å². The van der Waals surface area contributed by atoms with Gasteiger partial charge in [0.1, 0.15) is 0 Å². The summed E-state index contributed by atoms with van der Waals surface area (Å²) in [5.41, 5.74) is 3.82. The van der Waals surface area contributed by atoms with Crippen molar-refractivity contribution in [2.75, 3.05) is 13.2 Å². The monoisotopic (exact) mass is 474 g/mol. The van der Waals surface area contributed by atoms with Gasteiger partial charge in [-0.2, -0.15) is 4.31 Å².